The van der Waals surface area contributed by atoms with Gasteiger partial charge in [-0.05, 0) is 30.2 Å². The zero-order valence-electron chi connectivity index (χ0n) is 15.4. The molecule has 6 nitrogen and oxygen atoms in total. The molecule has 0 radical (unpaired) electrons. The van der Waals surface area contributed by atoms with Gasteiger partial charge in [0.15, 0.2) is 0 Å². The van der Waals surface area contributed by atoms with Crippen molar-refractivity contribution in [3.8, 4) is 5.75 Å². The van der Waals surface area contributed by atoms with Crippen molar-refractivity contribution in [2.24, 2.45) is 0 Å². The summed E-state index contributed by atoms with van der Waals surface area (Å²) in [6, 6.07) is 17.6. The number of carbonyl (C=O) groups excluding carboxylic acids is 1. The minimum atomic E-state index is -0.196. The number of anilines is 1. The monoisotopic (exact) mass is 362 g/mol. The lowest BCUT2D eigenvalue weighted by Crippen LogP contribution is -2.24. The molecule has 2 aromatic carbocycles. The van der Waals surface area contributed by atoms with Gasteiger partial charge in [0.05, 0.1) is 18.4 Å². The highest BCUT2D eigenvalue weighted by Gasteiger charge is 2.11. The number of carbonyl (C=O) groups is 1. The Bertz CT molecular complexity index is 896. The Hall–Kier alpha value is -3.41. The molecule has 0 aliphatic rings. The van der Waals surface area contributed by atoms with Gasteiger partial charge in [-0.1, -0.05) is 42.5 Å². The van der Waals surface area contributed by atoms with Crippen LogP contribution in [0.3, 0.4) is 0 Å². The lowest BCUT2D eigenvalue weighted by Gasteiger charge is -2.10. The van der Waals surface area contributed by atoms with Crippen molar-refractivity contribution in [1.29, 1.82) is 0 Å². The second-order valence-corrected chi connectivity index (χ2v) is 6.06. The molecule has 0 atom stereocenters. The van der Waals surface area contributed by atoms with E-state index in [-0.39, 0.29) is 5.91 Å². The van der Waals surface area contributed by atoms with E-state index in [0.29, 0.717) is 30.3 Å². The topological polar surface area (TPSA) is 76.1 Å². The van der Waals surface area contributed by atoms with Crippen LogP contribution in [0.25, 0.3) is 0 Å². The van der Waals surface area contributed by atoms with Crippen LogP contribution in [0.4, 0.5) is 5.95 Å². The molecule has 138 valence electrons. The van der Waals surface area contributed by atoms with Crippen molar-refractivity contribution in [2.75, 3.05) is 12.4 Å². The Kier molecular flexibility index (Phi) is 5.99. The van der Waals surface area contributed by atoms with Gasteiger partial charge in [-0.3, -0.25) is 4.79 Å². The van der Waals surface area contributed by atoms with Crippen LogP contribution in [0.2, 0.25) is 0 Å². The number of methoxy groups -OCH3 is 1. The molecule has 0 spiro atoms. The first-order valence-electron chi connectivity index (χ1n) is 8.68. The summed E-state index contributed by atoms with van der Waals surface area (Å²) in [6.07, 6.45) is 1.55. The van der Waals surface area contributed by atoms with Crippen molar-refractivity contribution in [3.05, 3.63) is 83.2 Å². The third kappa shape index (κ3) is 5.04. The molecule has 1 amide bonds. The zero-order chi connectivity index (χ0) is 19.1. The number of aromatic nitrogens is 2. The second kappa shape index (κ2) is 8.80. The lowest BCUT2D eigenvalue weighted by atomic mass is 10.2. The summed E-state index contributed by atoms with van der Waals surface area (Å²) in [5.41, 5.74) is 3.23. The lowest BCUT2D eigenvalue weighted by molar-refractivity contribution is 0.0949. The normalized spacial score (nSPS) is 10.3. The third-order valence-electron chi connectivity index (χ3n) is 4.13. The molecule has 0 saturated carbocycles. The molecule has 0 aliphatic carbocycles. The summed E-state index contributed by atoms with van der Waals surface area (Å²) in [4.78, 5) is 21.1. The average molecular weight is 362 g/mol. The zero-order valence-corrected chi connectivity index (χ0v) is 15.4. The van der Waals surface area contributed by atoms with E-state index >= 15 is 0 Å². The molecule has 3 aromatic rings. The maximum absolute atomic E-state index is 12.4. The van der Waals surface area contributed by atoms with Crippen molar-refractivity contribution in [1.82, 2.24) is 15.3 Å². The summed E-state index contributed by atoms with van der Waals surface area (Å²) < 4.78 is 5.13. The summed E-state index contributed by atoms with van der Waals surface area (Å²) in [5.74, 6) is 1.09. The van der Waals surface area contributed by atoms with Crippen LogP contribution in [-0.4, -0.2) is 23.0 Å². The number of hydrogen-bond donors (Lipinski definition) is 2. The van der Waals surface area contributed by atoms with Crippen molar-refractivity contribution in [3.63, 3.8) is 0 Å². The van der Waals surface area contributed by atoms with E-state index in [1.165, 1.54) is 0 Å². The van der Waals surface area contributed by atoms with E-state index < -0.39 is 0 Å². The Labute approximate surface area is 158 Å². The predicted molar refractivity (Wildman–Crippen MR) is 105 cm³/mol. The van der Waals surface area contributed by atoms with Gasteiger partial charge in [0.1, 0.15) is 5.75 Å². The molecule has 0 aliphatic heterocycles. The summed E-state index contributed by atoms with van der Waals surface area (Å²) in [6.45, 7) is 2.86. The molecular formula is C21H22N4O2. The number of hydrogen-bond acceptors (Lipinski definition) is 5. The average Bonchev–Trinajstić information content (AvgIpc) is 2.71. The number of nitrogens with one attached hydrogen (secondary N) is 2. The second-order valence-electron chi connectivity index (χ2n) is 6.06. The smallest absolute Gasteiger partial charge is 0.254 e. The standard InChI is InChI=1S/C21H22N4O2/c1-15-19(20(26)22-12-17-8-10-18(27-2)11-9-17)14-24-21(25-15)23-13-16-6-4-3-5-7-16/h3-11,14H,12-13H2,1-2H3,(H,22,26)(H,23,24,25). The van der Waals surface area contributed by atoms with Gasteiger partial charge >= 0.3 is 0 Å². The molecule has 3 rings (SSSR count). The molecule has 0 saturated heterocycles. The van der Waals surface area contributed by atoms with Gasteiger partial charge in [-0.25, -0.2) is 9.97 Å². The summed E-state index contributed by atoms with van der Waals surface area (Å²) in [7, 11) is 1.62. The highest BCUT2D eigenvalue weighted by atomic mass is 16.5. The largest absolute Gasteiger partial charge is 0.497 e. The van der Waals surface area contributed by atoms with Crippen LogP contribution in [-0.2, 0) is 13.1 Å². The summed E-state index contributed by atoms with van der Waals surface area (Å²) >= 11 is 0. The van der Waals surface area contributed by atoms with Crippen LogP contribution < -0.4 is 15.4 Å². The van der Waals surface area contributed by atoms with Crippen LogP contribution in [0.15, 0.2) is 60.8 Å². The maximum atomic E-state index is 12.4. The van der Waals surface area contributed by atoms with Gasteiger partial charge in [-0.2, -0.15) is 0 Å². The van der Waals surface area contributed by atoms with Crippen molar-refractivity contribution >= 4 is 11.9 Å². The quantitative estimate of drug-likeness (QED) is 0.674. The molecule has 1 heterocycles. The highest BCUT2D eigenvalue weighted by Crippen LogP contribution is 2.12. The third-order valence-corrected chi connectivity index (χ3v) is 4.13. The van der Waals surface area contributed by atoms with E-state index in [2.05, 4.69) is 20.6 Å². The number of amides is 1. The van der Waals surface area contributed by atoms with Crippen LogP contribution in [0.1, 0.15) is 27.2 Å². The summed E-state index contributed by atoms with van der Waals surface area (Å²) in [5, 5.41) is 6.06. The number of aryl methyl sites for hydroxylation is 1. The van der Waals surface area contributed by atoms with Crippen LogP contribution >= 0.6 is 0 Å². The SMILES string of the molecule is COc1ccc(CNC(=O)c2cnc(NCc3ccccc3)nc2C)cc1. The van der Waals surface area contributed by atoms with Crippen LogP contribution in [0.5, 0.6) is 5.75 Å². The fourth-order valence-corrected chi connectivity index (χ4v) is 2.57. The molecule has 0 unspecified atom stereocenters. The van der Waals surface area contributed by atoms with Gasteiger partial charge in [-0.15, -0.1) is 0 Å². The Morgan fingerprint density at radius 2 is 1.70 bits per heavy atom. The number of benzene rings is 2. The predicted octanol–water partition coefficient (Wildman–Crippen LogP) is 3.34. The first-order chi connectivity index (χ1) is 13.2. The fourth-order valence-electron chi connectivity index (χ4n) is 2.57. The maximum Gasteiger partial charge on any atom is 0.254 e. The Balaban J connectivity index is 1.58. The van der Waals surface area contributed by atoms with Gasteiger partial charge in [0.2, 0.25) is 5.95 Å². The molecule has 0 bridgehead atoms. The van der Waals surface area contributed by atoms with E-state index in [1.54, 1.807) is 20.2 Å². The van der Waals surface area contributed by atoms with Crippen molar-refractivity contribution in [2.45, 2.75) is 20.0 Å². The molecule has 1 aromatic heterocycles. The van der Waals surface area contributed by atoms with Gasteiger partial charge in [0.25, 0.3) is 5.91 Å². The Morgan fingerprint density at radius 1 is 1.00 bits per heavy atom. The molecule has 6 heteroatoms. The van der Waals surface area contributed by atoms with Crippen molar-refractivity contribution < 1.29 is 9.53 Å². The number of ether oxygens (including phenoxy) is 1. The fraction of sp³-hybridized carbons (Fsp3) is 0.190. The molecular weight excluding hydrogens is 340 g/mol. The first-order valence-corrected chi connectivity index (χ1v) is 8.68. The van der Waals surface area contributed by atoms with E-state index in [1.807, 2.05) is 54.6 Å². The van der Waals surface area contributed by atoms with E-state index in [0.717, 1.165) is 16.9 Å². The minimum Gasteiger partial charge on any atom is -0.497 e. The first kappa shape index (κ1) is 18.4. The molecule has 0 fully saturated rings. The van der Waals surface area contributed by atoms with Gasteiger partial charge < -0.3 is 15.4 Å². The molecule has 2 N–H and O–H groups in total. The van der Waals surface area contributed by atoms with E-state index in [4.69, 9.17) is 4.74 Å². The molecule has 27 heavy (non-hydrogen) atoms. The Morgan fingerprint density at radius 3 is 2.37 bits per heavy atom. The number of nitrogens with zero attached hydrogens (tertiary/aromatic N) is 2. The number of rotatable bonds is 7. The minimum absolute atomic E-state index is 0.196. The van der Waals surface area contributed by atoms with E-state index in [9.17, 15) is 4.79 Å². The van der Waals surface area contributed by atoms with Crippen LogP contribution in [0, 0.1) is 6.92 Å². The highest BCUT2D eigenvalue weighted by molar-refractivity contribution is 5.94. The van der Waals surface area contributed by atoms with Gasteiger partial charge in [0, 0.05) is 19.3 Å².